The van der Waals surface area contributed by atoms with Crippen molar-refractivity contribution in [1.29, 1.82) is 0 Å². The molecule has 0 atom stereocenters. The normalized spacial score (nSPS) is 10.1. The molecule has 0 heterocycles. The zero-order chi connectivity index (χ0) is 14.4. The first kappa shape index (κ1) is 15.6. The smallest absolute Gasteiger partial charge is 0.243 e. The van der Waals surface area contributed by atoms with Gasteiger partial charge in [-0.15, -0.1) is 0 Å². The fourth-order valence-corrected chi connectivity index (χ4v) is 2.29. The van der Waals surface area contributed by atoms with Gasteiger partial charge < -0.3 is 10.6 Å². The molecule has 1 rings (SSSR count). The second-order valence-electron chi connectivity index (χ2n) is 4.53. The van der Waals surface area contributed by atoms with Crippen molar-refractivity contribution in [1.82, 2.24) is 5.32 Å². The molecule has 1 aromatic rings. The zero-order valence-electron chi connectivity index (χ0n) is 11.8. The second-order valence-corrected chi connectivity index (χ2v) is 5.40. The van der Waals surface area contributed by atoms with Gasteiger partial charge in [-0.3, -0.25) is 9.59 Å². The molecule has 19 heavy (non-hydrogen) atoms. The van der Waals surface area contributed by atoms with Crippen molar-refractivity contribution in [3.8, 4) is 0 Å². The number of thioether (sulfide) groups is 1. The summed E-state index contributed by atoms with van der Waals surface area (Å²) in [5.74, 6) is 0.0417. The standard InChI is InChI=1S/C14H20N2O2S/c1-9-5-10(2)14(11(3)6-9)16-12(17)7-15-13(18)8-19-4/h5-6H,7-8H2,1-4H3,(H,15,18)(H,16,17). The van der Waals surface area contributed by atoms with Gasteiger partial charge in [0.1, 0.15) is 0 Å². The van der Waals surface area contributed by atoms with Crippen molar-refractivity contribution in [3.05, 3.63) is 28.8 Å². The van der Waals surface area contributed by atoms with E-state index in [4.69, 9.17) is 0 Å². The van der Waals surface area contributed by atoms with Gasteiger partial charge in [0.05, 0.1) is 12.3 Å². The van der Waals surface area contributed by atoms with Crippen LogP contribution in [0.1, 0.15) is 16.7 Å². The number of nitrogens with one attached hydrogen (secondary N) is 2. The summed E-state index contributed by atoms with van der Waals surface area (Å²) in [6.45, 7) is 5.95. The van der Waals surface area contributed by atoms with E-state index >= 15 is 0 Å². The highest BCUT2D eigenvalue weighted by atomic mass is 32.2. The van der Waals surface area contributed by atoms with Gasteiger partial charge in [-0.1, -0.05) is 17.7 Å². The van der Waals surface area contributed by atoms with E-state index in [1.807, 2.05) is 39.2 Å². The molecule has 0 aromatic heterocycles. The van der Waals surface area contributed by atoms with E-state index in [0.717, 1.165) is 16.8 Å². The molecule has 2 amide bonds. The molecule has 104 valence electrons. The Balaban J connectivity index is 2.60. The Morgan fingerprint density at radius 2 is 1.68 bits per heavy atom. The summed E-state index contributed by atoms with van der Waals surface area (Å²) in [5.41, 5.74) is 4.05. The number of carbonyl (C=O) groups is 2. The monoisotopic (exact) mass is 280 g/mol. The van der Waals surface area contributed by atoms with Crippen LogP contribution < -0.4 is 10.6 Å². The summed E-state index contributed by atoms with van der Waals surface area (Å²) in [7, 11) is 0. The molecule has 0 unspecified atom stereocenters. The Labute approximate surface area is 118 Å². The maximum absolute atomic E-state index is 11.8. The molecule has 0 spiro atoms. The van der Waals surface area contributed by atoms with Gasteiger partial charge in [-0.05, 0) is 38.2 Å². The molecule has 0 aliphatic carbocycles. The van der Waals surface area contributed by atoms with E-state index in [1.165, 1.54) is 17.3 Å². The topological polar surface area (TPSA) is 58.2 Å². The predicted molar refractivity (Wildman–Crippen MR) is 80.7 cm³/mol. The number of anilines is 1. The number of amides is 2. The van der Waals surface area contributed by atoms with Crippen molar-refractivity contribution < 1.29 is 9.59 Å². The third kappa shape index (κ3) is 4.95. The first-order valence-electron chi connectivity index (χ1n) is 6.07. The average Bonchev–Trinajstić information content (AvgIpc) is 2.31. The highest BCUT2D eigenvalue weighted by molar-refractivity contribution is 7.99. The van der Waals surface area contributed by atoms with Gasteiger partial charge in [-0.2, -0.15) is 11.8 Å². The van der Waals surface area contributed by atoms with Crippen molar-refractivity contribution in [2.24, 2.45) is 0 Å². The summed E-state index contributed by atoms with van der Waals surface area (Å²) < 4.78 is 0. The molecule has 0 aliphatic heterocycles. The fourth-order valence-electron chi connectivity index (χ4n) is 1.92. The molecular formula is C14H20N2O2S. The van der Waals surface area contributed by atoms with Crippen LogP contribution >= 0.6 is 11.8 Å². The second kappa shape index (κ2) is 7.19. The van der Waals surface area contributed by atoms with E-state index in [0.29, 0.717) is 5.75 Å². The minimum absolute atomic E-state index is 0.00610. The molecular weight excluding hydrogens is 260 g/mol. The summed E-state index contributed by atoms with van der Waals surface area (Å²) in [4.78, 5) is 23.0. The Morgan fingerprint density at radius 1 is 1.11 bits per heavy atom. The Morgan fingerprint density at radius 3 is 2.21 bits per heavy atom. The highest BCUT2D eigenvalue weighted by Gasteiger charge is 2.09. The lowest BCUT2D eigenvalue weighted by molar-refractivity contribution is -0.122. The van der Waals surface area contributed by atoms with Gasteiger partial charge in [0, 0.05) is 5.69 Å². The lowest BCUT2D eigenvalue weighted by atomic mass is 10.1. The Kier molecular flexibility index (Phi) is 5.89. The maximum atomic E-state index is 11.8. The van der Waals surface area contributed by atoms with Crippen molar-refractivity contribution in [3.63, 3.8) is 0 Å². The Bertz CT molecular complexity index is 463. The van der Waals surface area contributed by atoms with E-state index in [2.05, 4.69) is 10.6 Å². The Hall–Kier alpha value is -1.49. The van der Waals surface area contributed by atoms with Gasteiger partial charge in [0.15, 0.2) is 0 Å². The van der Waals surface area contributed by atoms with E-state index < -0.39 is 0 Å². The molecule has 0 radical (unpaired) electrons. The fraction of sp³-hybridized carbons (Fsp3) is 0.429. The number of hydrogen-bond acceptors (Lipinski definition) is 3. The molecule has 0 saturated heterocycles. The molecule has 0 saturated carbocycles. The van der Waals surface area contributed by atoms with Crippen molar-refractivity contribution in [2.75, 3.05) is 23.9 Å². The summed E-state index contributed by atoms with van der Waals surface area (Å²) >= 11 is 1.43. The van der Waals surface area contributed by atoms with Crippen LogP contribution in [-0.2, 0) is 9.59 Å². The first-order valence-corrected chi connectivity index (χ1v) is 7.46. The minimum Gasteiger partial charge on any atom is -0.346 e. The maximum Gasteiger partial charge on any atom is 0.243 e. The van der Waals surface area contributed by atoms with Crippen molar-refractivity contribution in [2.45, 2.75) is 20.8 Å². The van der Waals surface area contributed by atoms with Crippen LogP contribution in [0.4, 0.5) is 5.69 Å². The lowest BCUT2D eigenvalue weighted by Crippen LogP contribution is -2.34. The molecule has 0 bridgehead atoms. The summed E-state index contributed by atoms with van der Waals surface area (Å²) in [6, 6.07) is 4.05. The molecule has 1 aromatic carbocycles. The van der Waals surface area contributed by atoms with E-state index in [9.17, 15) is 9.59 Å². The number of hydrogen-bond donors (Lipinski definition) is 2. The van der Waals surface area contributed by atoms with Gasteiger partial charge in [0.2, 0.25) is 11.8 Å². The lowest BCUT2D eigenvalue weighted by Gasteiger charge is -2.13. The molecule has 2 N–H and O–H groups in total. The minimum atomic E-state index is -0.204. The van der Waals surface area contributed by atoms with E-state index in [-0.39, 0.29) is 18.4 Å². The number of carbonyl (C=O) groups excluding carboxylic acids is 2. The largest absolute Gasteiger partial charge is 0.346 e. The average molecular weight is 280 g/mol. The van der Waals surface area contributed by atoms with Crippen molar-refractivity contribution >= 4 is 29.3 Å². The third-order valence-corrected chi connectivity index (χ3v) is 3.21. The molecule has 5 heteroatoms. The molecule has 0 fully saturated rings. The number of benzene rings is 1. The van der Waals surface area contributed by atoms with Crippen LogP contribution in [-0.4, -0.2) is 30.4 Å². The van der Waals surface area contributed by atoms with Crippen LogP contribution in [0.5, 0.6) is 0 Å². The summed E-state index contributed by atoms with van der Waals surface area (Å²) in [6.07, 6.45) is 1.85. The van der Waals surface area contributed by atoms with Gasteiger partial charge >= 0.3 is 0 Å². The molecule has 0 aliphatic rings. The number of aryl methyl sites for hydroxylation is 3. The SMILES string of the molecule is CSCC(=O)NCC(=O)Nc1c(C)cc(C)cc1C. The van der Waals surface area contributed by atoms with Crippen LogP contribution in [0.15, 0.2) is 12.1 Å². The van der Waals surface area contributed by atoms with E-state index in [1.54, 1.807) is 0 Å². The first-order chi connectivity index (χ1) is 8.93. The van der Waals surface area contributed by atoms with Crippen LogP contribution in [0.2, 0.25) is 0 Å². The van der Waals surface area contributed by atoms with Crippen LogP contribution in [0.25, 0.3) is 0 Å². The van der Waals surface area contributed by atoms with Gasteiger partial charge in [0.25, 0.3) is 0 Å². The van der Waals surface area contributed by atoms with Gasteiger partial charge in [-0.25, -0.2) is 0 Å². The summed E-state index contributed by atoms with van der Waals surface area (Å²) in [5, 5.41) is 5.42. The quantitative estimate of drug-likeness (QED) is 0.867. The zero-order valence-corrected chi connectivity index (χ0v) is 12.6. The number of rotatable bonds is 5. The van der Waals surface area contributed by atoms with Crippen LogP contribution in [0.3, 0.4) is 0 Å². The third-order valence-electron chi connectivity index (χ3n) is 2.66. The molecule has 4 nitrogen and oxygen atoms in total. The predicted octanol–water partition coefficient (Wildman–Crippen LogP) is 2.03. The van der Waals surface area contributed by atoms with Crippen LogP contribution in [0, 0.1) is 20.8 Å². The highest BCUT2D eigenvalue weighted by Crippen LogP contribution is 2.21.